The Bertz CT molecular complexity index is 450. The van der Waals surface area contributed by atoms with Crippen LogP contribution in [-0.4, -0.2) is 24.5 Å². The molecule has 1 aliphatic heterocycles. The summed E-state index contributed by atoms with van der Waals surface area (Å²) in [6.07, 6.45) is 2.43. The molecule has 0 saturated carbocycles. The van der Waals surface area contributed by atoms with Gasteiger partial charge in [-0.05, 0) is 37.1 Å². The molecule has 2 rings (SSSR count). The van der Waals surface area contributed by atoms with Crippen LogP contribution in [0.4, 0.5) is 11.4 Å². The third-order valence-corrected chi connectivity index (χ3v) is 2.93. The lowest BCUT2D eigenvalue weighted by Crippen LogP contribution is -2.19. The Morgan fingerprint density at radius 2 is 1.84 bits per heavy atom. The summed E-state index contributed by atoms with van der Waals surface area (Å²) in [5.41, 5.74) is 1.43. The summed E-state index contributed by atoms with van der Waals surface area (Å²) in [7, 11) is 0. The molecular formula is C14H18N2O3. The minimum absolute atomic E-state index is 0.0424. The van der Waals surface area contributed by atoms with Gasteiger partial charge < -0.3 is 15.4 Å². The van der Waals surface area contributed by atoms with Crippen LogP contribution in [0.3, 0.4) is 0 Å². The second kappa shape index (κ2) is 6.33. The van der Waals surface area contributed by atoms with E-state index in [1.54, 1.807) is 24.3 Å². The monoisotopic (exact) mass is 262 g/mol. The molecule has 5 heteroatoms. The summed E-state index contributed by atoms with van der Waals surface area (Å²) in [4.78, 5) is 22.6. The topological polar surface area (TPSA) is 67.4 Å². The first kappa shape index (κ1) is 13.5. The van der Waals surface area contributed by atoms with Gasteiger partial charge in [-0.1, -0.05) is 0 Å². The van der Waals surface area contributed by atoms with E-state index in [1.807, 2.05) is 0 Å². The maximum atomic E-state index is 11.8. The van der Waals surface area contributed by atoms with Crippen LogP contribution in [0.5, 0.6) is 0 Å². The van der Waals surface area contributed by atoms with E-state index >= 15 is 0 Å². The Hall–Kier alpha value is -1.88. The van der Waals surface area contributed by atoms with Gasteiger partial charge in [0.1, 0.15) is 0 Å². The summed E-state index contributed by atoms with van der Waals surface area (Å²) >= 11 is 0. The first-order valence-corrected chi connectivity index (χ1v) is 6.42. The van der Waals surface area contributed by atoms with Gasteiger partial charge in [0, 0.05) is 24.9 Å². The van der Waals surface area contributed by atoms with Gasteiger partial charge in [-0.2, -0.15) is 0 Å². The zero-order valence-electron chi connectivity index (χ0n) is 10.9. The summed E-state index contributed by atoms with van der Waals surface area (Å²) in [5.74, 6) is -0.158. The normalized spacial score (nSPS) is 18.1. The van der Waals surface area contributed by atoms with Crippen LogP contribution in [0.1, 0.15) is 26.2 Å². The van der Waals surface area contributed by atoms with Gasteiger partial charge in [0.2, 0.25) is 11.8 Å². The third kappa shape index (κ3) is 4.37. The van der Waals surface area contributed by atoms with E-state index < -0.39 is 0 Å². The predicted octanol–water partition coefficient (Wildman–Crippen LogP) is 2.15. The molecule has 1 heterocycles. The van der Waals surface area contributed by atoms with Crippen molar-refractivity contribution in [2.45, 2.75) is 32.3 Å². The number of hydrogen-bond donors (Lipinski definition) is 2. The molecule has 0 bridgehead atoms. The quantitative estimate of drug-likeness (QED) is 0.873. The van der Waals surface area contributed by atoms with E-state index in [4.69, 9.17) is 4.74 Å². The van der Waals surface area contributed by atoms with Crippen LogP contribution in [0.25, 0.3) is 0 Å². The predicted molar refractivity (Wildman–Crippen MR) is 73.0 cm³/mol. The molecule has 1 atom stereocenters. The van der Waals surface area contributed by atoms with Crippen LogP contribution < -0.4 is 10.6 Å². The van der Waals surface area contributed by atoms with Gasteiger partial charge in [-0.15, -0.1) is 0 Å². The largest absolute Gasteiger partial charge is 0.378 e. The minimum atomic E-state index is -0.116. The minimum Gasteiger partial charge on any atom is -0.378 e. The maximum Gasteiger partial charge on any atom is 0.226 e. The van der Waals surface area contributed by atoms with Gasteiger partial charge in [0.05, 0.1) is 12.5 Å². The first-order chi connectivity index (χ1) is 9.13. The number of ether oxygens (including phenoxy) is 1. The van der Waals surface area contributed by atoms with Crippen molar-refractivity contribution >= 4 is 23.2 Å². The summed E-state index contributed by atoms with van der Waals surface area (Å²) in [6, 6.07) is 7.03. The molecule has 1 unspecified atom stereocenters. The Morgan fingerprint density at radius 1 is 1.21 bits per heavy atom. The maximum absolute atomic E-state index is 11.8. The molecule has 0 aliphatic carbocycles. The van der Waals surface area contributed by atoms with Crippen molar-refractivity contribution in [3.05, 3.63) is 24.3 Å². The van der Waals surface area contributed by atoms with Crippen molar-refractivity contribution in [1.29, 1.82) is 0 Å². The van der Waals surface area contributed by atoms with Crippen molar-refractivity contribution in [1.82, 2.24) is 0 Å². The Labute approximate surface area is 112 Å². The van der Waals surface area contributed by atoms with E-state index in [9.17, 15) is 9.59 Å². The Morgan fingerprint density at radius 3 is 2.37 bits per heavy atom. The standard InChI is InChI=1S/C14H18N2O3/c1-10(17)15-11-4-6-12(7-5-11)16-14(18)9-13-3-2-8-19-13/h4-7,13H,2-3,8-9H2,1H3,(H,15,17)(H,16,18). The van der Waals surface area contributed by atoms with Gasteiger partial charge >= 0.3 is 0 Å². The molecule has 2 N–H and O–H groups in total. The first-order valence-electron chi connectivity index (χ1n) is 6.42. The van der Waals surface area contributed by atoms with E-state index in [0.717, 1.165) is 25.1 Å². The lowest BCUT2D eigenvalue weighted by atomic mass is 10.1. The number of benzene rings is 1. The van der Waals surface area contributed by atoms with Crippen molar-refractivity contribution in [2.75, 3.05) is 17.2 Å². The fourth-order valence-corrected chi connectivity index (χ4v) is 2.06. The smallest absolute Gasteiger partial charge is 0.226 e. The molecule has 19 heavy (non-hydrogen) atoms. The lowest BCUT2D eigenvalue weighted by Gasteiger charge is -2.10. The SMILES string of the molecule is CC(=O)Nc1ccc(NC(=O)CC2CCCO2)cc1. The second-order valence-corrected chi connectivity index (χ2v) is 4.65. The number of nitrogens with one attached hydrogen (secondary N) is 2. The van der Waals surface area contributed by atoms with Crippen LogP contribution in [0.15, 0.2) is 24.3 Å². The number of rotatable bonds is 4. The van der Waals surface area contributed by atoms with Gasteiger partial charge in [-0.25, -0.2) is 0 Å². The molecule has 5 nitrogen and oxygen atoms in total. The highest BCUT2D eigenvalue weighted by Gasteiger charge is 2.18. The van der Waals surface area contributed by atoms with E-state index in [0.29, 0.717) is 12.1 Å². The van der Waals surface area contributed by atoms with Crippen molar-refractivity contribution in [3.63, 3.8) is 0 Å². The Balaban J connectivity index is 1.84. The number of anilines is 2. The molecular weight excluding hydrogens is 244 g/mol. The fourth-order valence-electron chi connectivity index (χ4n) is 2.06. The molecule has 0 radical (unpaired) electrons. The van der Waals surface area contributed by atoms with Crippen LogP contribution in [0, 0.1) is 0 Å². The van der Waals surface area contributed by atoms with E-state index in [2.05, 4.69) is 10.6 Å². The van der Waals surface area contributed by atoms with Crippen molar-refractivity contribution in [3.8, 4) is 0 Å². The van der Waals surface area contributed by atoms with Gasteiger partial charge in [-0.3, -0.25) is 9.59 Å². The van der Waals surface area contributed by atoms with Crippen LogP contribution in [-0.2, 0) is 14.3 Å². The van der Waals surface area contributed by atoms with Gasteiger partial charge in [0.25, 0.3) is 0 Å². The molecule has 1 aliphatic rings. The number of carbonyl (C=O) groups excluding carboxylic acids is 2. The van der Waals surface area contributed by atoms with E-state index in [-0.39, 0.29) is 17.9 Å². The van der Waals surface area contributed by atoms with Crippen molar-refractivity contribution < 1.29 is 14.3 Å². The molecule has 1 aromatic rings. The highest BCUT2D eigenvalue weighted by atomic mass is 16.5. The van der Waals surface area contributed by atoms with Crippen molar-refractivity contribution in [2.24, 2.45) is 0 Å². The lowest BCUT2D eigenvalue weighted by molar-refractivity contribution is -0.118. The third-order valence-electron chi connectivity index (χ3n) is 2.93. The van der Waals surface area contributed by atoms with Crippen LogP contribution >= 0.6 is 0 Å². The van der Waals surface area contributed by atoms with Crippen LogP contribution in [0.2, 0.25) is 0 Å². The highest BCUT2D eigenvalue weighted by molar-refractivity contribution is 5.92. The zero-order valence-corrected chi connectivity index (χ0v) is 10.9. The molecule has 102 valence electrons. The average molecular weight is 262 g/mol. The molecule has 0 aromatic heterocycles. The highest BCUT2D eigenvalue weighted by Crippen LogP contribution is 2.17. The number of carbonyl (C=O) groups is 2. The molecule has 1 aromatic carbocycles. The molecule has 2 amide bonds. The fraction of sp³-hybridized carbons (Fsp3) is 0.429. The number of amides is 2. The average Bonchev–Trinajstić information content (AvgIpc) is 2.83. The summed E-state index contributed by atoms with van der Waals surface area (Å²) in [6.45, 7) is 2.21. The molecule has 1 saturated heterocycles. The number of hydrogen-bond acceptors (Lipinski definition) is 3. The van der Waals surface area contributed by atoms with Gasteiger partial charge in [0.15, 0.2) is 0 Å². The summed E-state index contributed by atoms with van der Waals surface area (Å²) in [5, 5.41) is 5.49. The van der Waals surface area contributed by atoms with E-state index in [1.165, 1.54) is 6.92 Å². The Kier molecular flexibility index (Phi) is 4.52. The molecule has 1 fully saturated rings. The summed E-state index contributed by atoms with van der Waals surface area (Å²) < 4.78 is 5.42. The zero-order chi connectivity index (χ0) is 13.7. The second-order valence-electron chi connectivity index (χ2n) is 4.65. The molecule has 0 spiro atoms.